The van der Waals surface area contributed by atoms with Gasteiger partial charge in [0.1, 0.15) is 5.60 Å². The molecule has 1 aliphatic heterocycles. The van der Waals surface area contributed by atoms with E-state index in [1.807, 2.05) is 32.9 Å². The van der Waals surface area contributed by atoms with E-state index in [2.05, 4.69) is 0 Å². The number of carbonyl (C=O) groups excluding carboxylic acids is 2. The van der Waals surface area contributed by atoms with Crippen molar-refractivity contribution >= 4 is 35.3 Å². The molecule has 1 aromatic carbocycles. The van der Waals surface area contributed by atoms with E-state index < -0.39 is 17.1 Å². The van der Waals surface area contributed by atoms with Gasteiger partial charge in [-0.15, -0.1) is 0 Å². The predicted octanol–water partition coefficient (Wildman–Crippen LogP) is 4.83. The van der Waals surface area contributed by atoms with Gasteiger partial charge in [0.25, 0.3) is 0 Å². The van der Waals surface area contributed by atoms with Crippen molar-refractivity contribution in [2.24, 2.45) is 5.41 Å². The number of rotatable bonds is 3. The zero-order valence-electron chi connectivity index (χ0n) is 16.1. The third kappa shape index (κ3) is 3.52. The van der Waals surface area contributed by atoms with Gasteiger partial charge in [0, 0.05) is 18.5 Å². The molecule has 0 aromatic heterocycles. The van der Waals surface area contributed by atoms with E-state index in [0.717, 1.165) is 5.56 Å². The number of ether oxygens (including phenoxy) is 2. The van der Waals surface area contributed by atoms with Crippen molar-refractivity contribution < 1.29 is 19.1 Å². The summed E-state index contributed by atoms with van der Waals surface area (Å²) in [6, 6.07) is 5.49. The number of benzene rings is 1. The van der Waals surface area contributed by atoms with Crippen molar-refractivity contribution in [3.63, 3.8) is 0 Å². The van der Waals surface area contributed by atoms with Gasteiger partial charge >= 0.3 is 12.1 Å². The number of piperidine rings is 1. The number of nitrogens with zero attached hydrogens (tertiary/aromatic N) is 1. The summed E-state index contributed by atoms with van der Waals surface area (Å²) in [5.41, 5.74) is -0.772. The van der Waals surface area contributed by atoms with Gasteiger partial charge in [-0.3, -0.25) is 4.79 Å². The first-order chi connectivity index (χ1) is 12.5. The first kappa shape index (κ1) is 20.3. The van der Waals surface area contributed by atoms with Crippen LogP contribution in [0.25, 0.3) is 0 Å². The molecule has 0 bridgehead atoms. The van der Waals surface area contributed by atoms with Crippen LogP contribution in [0.3, 0.4) is 0 Å². The molecule has 1 amide bonds. The van der Waals surface area contributed by atoms with E-state index in [1.165, 1.54) is 0 Å². The lowest BCUT2D eigenvalue weighted by Crippen LogP contribution is -2.49. The minimum atomic E-state index is -0.769. The molecule has 1 aliphatic carbocycles. The van der Waals surface area contributed by atoms with Gasteiger partial charge in [-0.05, 0) is 58.2 Å². The minimum Gasteiger partial charge on any atom is -0.465 e. The fraction of sp³-hybridized carbons (Fsp3) is 0.600. The summed E-state index contributed by atoms with van der Waals surface area (Å²) in [7, 11) is 0. The Morgan fingerprint density at radius 2 is 1.93 bits per heavy atom. The van der Waals surface area contributed by atoms with Crippen LogP contribution in [0.4, 0.5) is 4.79 Å². The highest BCUT2D eigenvalue weighted by Crippen LogP contribution is 2.69. The van der Waals surface area contributed by atoms with E-state index in [9.17, 15) is 9.59 Å². The first-order valence-corrected chi connectivity index (χ1v) is 9.91. The molecule has 5 nitrogen and oxygen atoms in total. The number of esters is 1. The molecule has 0 spiro atoms. The van der Waals surface area contributed by atoms with Crippen LogP contribution in [0, 0.1) is 5.41 Å². The van der Waals surface area contributed by atoms with Crippen molar-refractivity contribution in [1.29, 1.82) is 0 Å². The summed E-state index contributed by atoms with van der Waals surface area (Å²) >= 11 is 12.3. The summed E-state index contributed by atoms with van der Waals surface area (Å²) in [6.07, 6.45) is 0.861. The van der Waals surface area contributed by atoms with Crippen molar-refractivity contribution in [2.45, 2.75) is 51.6 Å². The fourth-order valence-electron chi connectivity index (χ4n) is 4.14. The normalized spacial score (nSPS) is 27.0. The lowest BCUT2D eigenvalue weighted by Gasteiger charge is -2.37. The third-order valence-electron chi connectivity index (χ3n) is 5.45. The summed E-state index contributed by atoms with van der Waals surface area (Å²) in [4.78, 5) is 27.1. The van der Waals surface area contributed by atoms with Gasteiger partial charge in [-0.1, -0.05) is 29.3 Å². The number of carbonyl (C=O) groups is 2. The Labute approximate surface area is 169 Å². The predicted molar refractivity (Wildman–Crippen MR) is 104 cm³/mol. The molecule has 2 fully saturated rings. The van der Waals surface area contributed by atoms with E-state index >= 15 is 0 Å². The zero-order valence-corrected chi connectivity index (χ0v) is 17.6. The highest BCUT2D eigenvalue weighted by atomic mass is 35.5. The number of fused-ring (bicyclic) bond motifs is 1. The van der Waals surface area contributed by atoms with Gasteiger partial charge in [-0.25, -0.2) is 4.79 Å². The van der Waals surface area contributed by atoms with Crippen LogP contribution in [0.1, 0.15) is 46.1 Å². The van der Waals surface area contributed by atoms with Crippen molar-refractivity contribution in [3.05, 3.63) is 33.8 Å². The maximum atomic E-state index is 12.9. The van der Waals surface area contributed by atoms with Crippen LogP contribution >= 0.6 is 23.2 Å². The second kappa shape index (κ2) is 6.85. The van der Waals surface area contributed by atoms with Gasteiger partial charge in [0.2, 0.25) is 0 Å². The first-order valence-electron chi connectivity index (χ1n) is 9.15. The summed E-state index contributed by atoms with van der Waals surface area (Å²) in [5.74, 6) is -0.274. The highest BCUT2D eigenvalue weighted by Gasteiger charge is 2.75. The Balaban J connectivity index is 1.91. The molecule has 0 unspecified atom stereocenters. The number of likely N-dealkylation sites (tertiary alicyclic amines) is 1. The van der Waals surface area contributed by atoms with Crippen LogP contribution < -0.4 is 0 Å². The quantitative estimate of drug-likeness (QED) is 0.666. The van der Waals surface area contributed by atoms with Crippen molar-refractivity contribution in [3.8, 4) is 0 Å². The number of halogens is 2. The van der Waals surface area contributed by atoms with Crippen LogP contribution in [0.5, 0.6) is 0 Å². The smallest absolute Gasteiger partial charge is 0.410 e. The SMILES string of the molecule is CCOC(=O)[C@]12CN(C(=O)OC(C)(C)C)CC[C@@]1(c1ccc(Cl)c(Cl)c1)C2. The van der Waals surface area contributed by atoms with Gasteiger partial charge < -0.3 is 14.4 Å². The molecule has 1 heterocycles. The summed E-state index contributed by atoms with van der Waals surface area (Å²) in [6.45, 7) is 8.35. The van der Waals surface area contributed by atoms with Crippen LogP contribution in [0.2, 0.25) is 10.0 Å². The zero-order chi connectivity index (χ0) is 20.0. The van der Waals surface area contributed by atoms with E-state index in [1.54, 1.807) is 17.9 Å². The monoisotopic (exact) mass is 413 g/mol. The lowest BCUT2D eigenvalue weighted by atomic mass is 9.80. The molecule has 2 aliphatic rings. The maximum absolute atomic E-state index is 12.9. The number of hydrogen-bond acceptors (Lipinski definition) is 4. The molecular weight excluding hydrogens is 389 g/mol. The molecule has 2 atom stereocenters. The van der Waals surface area contributed by atoms with Crippen LogP contribution in [0.15, 0.2) is 18.2 Å². The van der Waals surface area contributed by atoms with Crippen LogP contribution in [-0.2, 0) is 19.7 Å². The van der Waals surface area contributed by atoms with Gasteiger partial charge in [-0.2, -0.15) is 0 Å². The van der Waals surface area contributed by atoms with Gasteiger partial charge in [0.05, 0.1) is 22.1 Å². The molecule has 1 saturated carbocycles. The summed E-state index contributed by atoms with van der Waals surface area (Å²) in [5, 5.41) is 0.938. The largest absolute Gasteiger partial charge is 0.465 e. The average molecular weight is 414 g/mol. The minimum absolute atomic E-state index is 0.274. The highest BCUT2D eigenvalue weighted by molar-refractivity contribution is 6.42. The Kier molecular flexibility index (Phi) is 5.15. The maximum Gasteiger partial charge on any atom is 0.410 e. The summed E-state index contributed by atoms with van der Waals surface area (Å²) < 4.78 is 10.9. The van der Waals surface area contributed by atoms with Crippen molar-refractivity contribution in [2.75, 3.05) is 19.7 Å². The molecule has 1 aromatic rings. The topological polar surface area (TPSA) is 55.8 Å². The molecule has 0 radical (unpaired) electrons. The van der Waals surface area contributed by atoms with Crippen molar-refractivity contribution in [1.82, 2.24) is 4.90 Å². The molecule has 3 rings (SSSR count). The van der Waals surface area contributed by atoms with Gasteiger partial charge in [0.15, 0.2) is 0 Å². The molecule has 1 saturated heterocycles. The Bertz CT molecular complexity index is 776. The Hall–Kier alpha value is -1.46. The molecule has 7 heteroatoms. The third-order valence-corrected chi connectivity index (χ3v) is 6.19. The van der Waals surface area contributed by atoms with E-state index in [-0.39, 0.29) is 17.9 Å². The molecular formula is C20H25Cl2NO4. The number of amides is 1. The fourth-order valence-corrected chi connectivity index (χ4v) is 4.43. The van der Waals surface area contributed by atoms with E-state index in [0.29, 0.717) is 36.0 Å². The van der Waals surface area contributed by atoms with Crippen LogP contribution in [-0.4, -0.2) is 42.3 Å². The number of hydrogen-bond donors (Lipinski definition) is 0. The average Bonchev–Trinajstić information content (AvgIpc) is 3.27. The molecule has 27 heavy (non-hydrogen) atoms. The standard InChI is InChI=1S/C20H25Cl2NO4/c1-5-26-16(24)20-11-19(20,13-6-7-14(21)15(22)10-13)8-9-23(12-20)17(25)27-18(2,3)4/h6-7,10H,5,8-9,11-12H2,1-4H3/t19-,20-/m0/s1. The van der Waals surface area contributed by atoms with E-state index in [4.69, 9.17) is 32.7 Å². The second-order valence-electron chi connectivity index (χ2n) is 8.34. The Morgan fingerprint density at radius 1 is 1.22 bits per heavy atom. The molecule has 148 valence electrons. The lowest BCUT2D eigenvalue weighted by molar-refractivity contribution is -0.152. The Morgan fingerprint density at radius 3 is 2.52 bits per heavy atom. The molecule has 0 N–H and O–H groups in total. The second-order valence-corrected chi connectivity index (χ2v) is 9.16.